The quantitative estimate of drug-likeness (QED) is 0.470. The van der Waals surface area contributed by atoms with E-state index < -0.39 is 7.12 Å². The normalized spacial score (nSPS) is 10.0. The molecule has 2 aromatic heterocycles. The van der Waals surface area contributed by atoms with Crippen LogP contribution in [0.1, 0.15) is 0 Å². The van der Waals surface area contributed by atoms with Crippen molar-refractivity contribution in [2.24, 2.45) is 0 Å². The van der Waals surface area contributed by atoms with Crippen LogP contribution in [0.25, 0.3) is 10.9 Å². The largest absolute Gasteiger partial charge is 0.488 e. The number of ether oxygens (including phenoxy) is 1. The number of methoxy groups -OCH3 is 1. The van der Waals surface area contributed by atoms with E-state index >= 15 is 0 Å². The van der Waals surface area contributed by atoms with Crippen LogP contribution in [0.5, 0.6) is 5.88 Å². The molecule has 3 aromatic rings. The molecule has 1 aromatic carbocycles. The zero-order chi connectivity index (χ0) is 17.5. The summed E-state index contributed by atoms with van der Waals surface area (Å²) in [5.74, 6) is 0.900. The molecule has 0 spiro atoms. The van der Waals surface area contributed by atoms with Crippen LogP contribution < -0.4 is 15.9 Å². The third-order valence-electron chi connectivity index (χ3n) is 3.16. The van der Waals surface area contributed by atoms with Crippen LogP contribution in [0.15, 0.2) is 47.8 Å². The van der Waals surface area contributed by atoms with E-state index in [4.69, 9.17) is 20.5 Å². The number of fused-ring (bicyclic) bond motifs is 1. The Labute approximate surface area is 144 Å². The summed E-state index contributed by atoms with van der Waals surface area (Å²) >= 11 is 1.63. The van der Waals surface area contributed by atoms with E-state index in [1.54, 1.807) is 43.3 Å². The Bertz CT molecular complexity index is 802. The van der Waals surface area contributed by atoms with Gasteiger partial charge in [0.2, 0.25) is 5.88 Å². The van der Waals surface area contributed by atoms with E-state index in [0.29, 0.717) is 22.7 Å². The molecule has 0 aliphatic rings. The molecule has 0 radical (unpaired) electrons. The van der Waals surface area contributed by atoms with E-state index in [2.05, 4.69) is 15.0 Å². The Kier molecular flexibility index (Phi) is 6.36. The van der Waals surface area contributed by atoms with Gasteiger partial charge < -0.3 is 20.5 Å². The van der Waals surface area contributed by atoms with Crippen LogP contribution >= 0.6 is 11.8 Å². The van der Waals surface area contributed by atoms with Gasteiger partial charge in [-0.1, -0.05) is 12.1 Å². The molecule has 0 saturated heterocycles. The second-order valence-electron chi connectivity index (χ2n) is 4.62. The van der Waals surface area contributed by atoms with E-state index in [-0.39, 0.29) is 0 Å². The van der Waals surface area contributed by atoms with Crippen molar-refractivity contribution in [1.82, 2.24) is 15.0 Å². The average molecular weight is 344 g/mol. The number of anilines is 1. The topological polar surface area (TPSA) is 114 Å². The molecule has 0 aliphatic carbocycles. The van der Waals surface area contributed by atoms with Gasteiger partial charge in [0.05, 0.1) is 7.11 Å². The van der Waals surface area contributed by atoms with Gasteiger partial charge in [-0.25, -0.2) is 15.0 Å². The Morgan fingerprint density at radius 2 is 1.79 bits per heavy atom. The molecule has 0 aliphatic heterocycles. The molecule has 0 bridgehead atoms. The summed E-state index contributed by atoms with van der Waals surface area (Å²) in [4.78, 5) is 13.0. The molecule has 4 N–H and O–H groups in total. The summed E-state index contributed by atoms with van der Waals surface area (Å²) in [5.41, 5.74) is 6.81. The molecule has 0 amide bonds. The maximum atomic E-state index is 8.74. The summed E-state index contributed by atoms with van der Waals surface area (Å²) < 4.78 is 5.03. The highest BCUT2D eigenvalue weighted by molar-refractivity contribution is 7.98. The maximum Gasteiger partial charge on any atom is 0.488 e. The molecule has 0 saturated carbocycles. The minimum Gasteiger partial charge on any atom is -0.479 e. The van der Waals surface area contributed by atoms with Crippen LogP contribution in [0.2, 0.25) is 0 Å². The van der Waals surface area contributed by atoms with Gasteiger partial charge in [-0.05, 0) is 29.9 Å². The average Bonchev–Trinajstić information content (AvgIpc) is 2.62. The first kappa shape index (κ1) is 18.0. The molecular weight excluding hydrogens is 327 g/mol. The van der Waals surface area contributed by atoms with Crippen molar-refractivity contribution in [1.29, 1.82) is 0 Å². The number of thioether (sulfide) groups is 1. The van der Waals surface area contributed by atoms with Crippen LogP contribution in [-0.2, 0) is 0 Å². The highest BCUT2D eigenvalue weighted by atomic mass is 32.2. The van der Waals surface area contributed by atoms with Crippen molar-refractivity contribution in [2.45, 2.75) is 4.90 Å². The van der Waals surface area contributed by atoms with Crippen molar-refractivity contribution < 1.29 is 14.8 Å². The third-order valence-corrected chi connectivity index (χ3v) is 3.90. The fourth-order valence-electron chi connectivity index (χ4n) is 1.91. The van der Waals surface area contributed by atoms with Gasteiger partial charge in [-0.15, -0.1) is 11.8 Å². The minimum atomic E-state index is -1.36. The number of nitrogens with two attached hydrogens (primary N) is 1. The van der Waals surface area contributed by atoms with Gasteiger partial charge >= 0.3 is 7.12 Å². The molecule has 2 heterocycles. The smallest absolute Gasteiger partial charge is 0.479 e. The number of hydrogen-bond donors (Lipinski definition) is 3. The van der Waals surface area contributed by atoms with E-state index in [9.17, 15) is 0 Å². The lowest BCUT2D eigenvalue weighted by molar-refractivity contribution is 0.402. The first-order chi connectivity index (χ1) is 11.6. The first-order valence-corrected chi connectivity index (χ1v) is 8.18. The second-order valence-corrected chi connectivity index (χ2v) is 5.50. The second kappa shape index (κ2) is 8.48. The lowest BCUT2D eigenvalue weighted by Gasteiger charge is -2.03. The van der Waals surface area contributed by atoms with Crippen LogP contribution in [0.3, 0.4) is 0 Å². The molecule has 0 atom stereocenters. The standard InChI is InChI=1S/C8H8N4O.C7H9BO2S/c1-13-8-6-5(2-3-10-8)7(9)12-4-11-6;1-11-7-4-2-6(3-5-7)8(9)10/h2-4H,1H3,(H2,9,11,12);2-5,9-10H,1H3. The first-order valence-electron chi connectivity index (χ1n) is 6.96. The fourth-order valence-corrected chi connectivity index (χ4v) is 2.32. The zero-order valence-corrected chi connectivity index (χ0v) is 14.1. The van der Waals surface area contributed by atoms with Crippen molar-refractivity contribution in [2.75, 3.05) is 19.1 Å². The molecular formula is C15H17BN4O3S. The number of aromatic nitrogens is 3. The van der Waals surface area contributed by atoms with Crippen LogP contribution in [-0.4, -0.2) is 45.5 Å². The van der Waals surface area contributed by atoms with Crippen molar-refractivity contribution in [3.05, 3.63) is 42.9 Å². The Morgan fingerprint density at radius 3 is 2.38 bits per heavy atom. The maximum absolute atomic E-state index is 8.74. The zero-order valence-electron chi connectivity index (χ0n) is 13.2. The lowest BCUT2D eigenvalue weighted by atomic mass is 9.81. The Balaban J connectivity index is 0.000000177. The molecule has 9 heteroatoms. The SMILES string of the molecule is COc1nccc2c(N)ncnc12.CSc1ccc(B(O)O)cc1. The summed E-state index contributed by atoms with van der Waals surface area (Å²) in [6.45, 7) is 0. The molecule has 0 fully saturated rings. The lowest BCUT2D eigenvalue weighted by Crippen LogP contribution is -2.29. The predicted octanol–water partition coefficient (Wildman–Crippen LogP) is 0.704. The Hall–Kier alpha value is -2.36. The summed E-state index contributed by atoms with van der Waals surface area (Å²) in [5, 5.41) is 18.2. The molecule has 7 nitrogen and oxygen atoms in total. The van der Waals surface area contributed by atoms with E-state index in [1.165, 1.54) is 6.33 Å². The van der Waals surface area contributed by atoms with Gasteiger partial charge in [0.15, 0.2) is 0 Å². The highest BCUT2D eigenvalue weighted by Crippen LogP contribution is 2.22. The number of benzene rings is 1. The molecule has 3 rings (SSSR count). The van der Waals surface area contributed by atoms with Gasteiger partial charge in [0.1, 0.15) is 17.7 Å². The molecule has 0 unspecified atom stereocenters. The molecule has 124 valence electrons. The van der Waals surface area contributed by atoms with Crippen LogP contribution in [0, 0.1) is 0 Å². The predicted molar refractivity (Wildman–Crippen MR) is 96.3 cm³/mol. The van der Waals surface area contributed by atoms with Crippen molar-refractivity contribution in [3.8, 4) is 5.88 Å². The number of rotatable bonds is 3. The van der Waals surface area contributed by atoms with Gasteiger partial charge in [0, 0.05) is 16.5 Å². The van der Waals surface area contributed by atoms with Crippen molar-refractivity contribution >= 4 is 41.1 Å². The summed E-state index contributed by atoms with van der Waals surface area (Å²) in [6, 6.07) is 8.89. The monoisotopic (exact) mass is 344 g/mol. The number of hydrogen-bond acceptors (Lipinski definition) is 8. The van der Waals surface area contributed by atoms with Gasteiger partial charge in [-0.3, -0.25) is 0 Å². The molecule has 24 heavy (non-hydrogen) atoms. The summed E-state index contributed by atoms with van der Waals surface area (Å²) in [7, 11) is 0.186. The number of nitrogens with zero attached hydrogens (tertiary/aromatic N) is 3. The van der Waals surface area contributed by atoms with E-state index in [1.807, 2.05) is 18.4 Å². The highest BCUT2D eigenvalue weighted by Gasteiger charge is 2.09. The minimum absolute atomic E-state index is 0.436. The van der Waals surface area contributed by atoms with E-state index in [0.717, 1.165) is 10.3 Å². The van der Waals surface area contributed by atoms with Gasteiger partial charge in [0.25, 0.3) is 0 Å². The number of pyridine rings is 1. The number of nitrogen functional groups attached to an aromatic ring is 1. The van der Waals surface area contributed by atoms with Crippen molar-refractivity contribution in [3.63, 3.8) is 0 Å². The third kappa shape index (κ3) is 4.35. The van der Waals surface area contributed by atoms with Gasteiger partial charge in [-0.2, -0.15) is 0 Å². The fraction of sp³-hybridized carbons (Fsp3) is 0.133. The van der Waals surface area contributed by atoms with Crippen LogP contribution in [0.4, 0.5) is 5.82 Å². The Morgan fingerprint density at radius 1 is 1.08 bits per heavy atom. The summed E-state index contributed by atoms with van der Waals surface area (Å²) in [6.07, 6.45) is 4.98.